The van der Waals surface area contributed by atoms with Gasteiger partial charge in [0.05, 0.1) is 6.54 Å². The number of piperidine rings is 1. The van der Waals surface area contributed by atoms with Crippen LogP contribution < -0.4 is 16.0 Å². The molecule has 1 aliphatic carbocycles. The maximum Gasteiger partial charge on any atom is 0.239 e. The molecule has 5 heteroatoms. The molecule has 0 radical (unpaired) electrons. The molecule has 2 aliphatic rings. The van der Waals surface area contributed by atoms with Gasteiger partial charge in [-0.2, -0.15) is 0 Å². The fourth-order valence-electron chi connectivity index (χ4n) is 3.16. The highest BCUT2D eigenvalue weighted by molar-refractivity contribution is 5.84. The van der Waals surface area contributed by atoms with E-state index < -0.39 is 0 Å². The summed E-state index contributed by atoms with van der Waals surface area (Å²) in [6.07, 6.45) is 8.81. The number of hydrogen-bond donors (Lipinski definition) is 3. The third kappa shape index (κ3) is 5.49. The molecule has 0 aromatic carbocycles. The van der Waals surface area contributed by atoms with Crippen molar-refractivity contribution in [2.24, 2.45) is 5.92 Å². The molecule has 20 heavy (non-hydrogen) atoms. The van der Waals surface area contributed by atoms with Gasteiger partial charge in [0, 0.05) is 19.0 Å². The minimum atomic E-state index is -0.0734. The molecule has 1 heterocycles. The van der Waals surface area contributed by atoms with E-state index in [4.69, 9.17) is 0 Å². The first-order valence-corrected chi connectivity index (χ1v) is 8.01. The van der Waals surface area contributed by atoms with E-state index in [9.17, 15) is 9.59 Å². The maximum absolute atomic E-state index is 11.8. The molecule has 2 rings (SSSR count). The Labute approximate surface area is 121 Å². The second-order valence-corrected chi connectivity index (χ2v) is 6.10. The minimum Gasteiger partial charge on any atom is -0.351 e. The van der Waals surface area contributed by atoms with Crippen LogP contribution in [-0.2, 0) is 9.59 Å². The number of carbonyl (C=O) groups excluding carboxylic acids is 2. The number of carbonyl (C=O) groups is 2. The van der Waals surface area contributed by atoms with E-state index in [0.29, 0.717) is 12.3 Å². The highest BCUT2D eigenvalue weighted by Crippen LogP contribution is 2.25. The van der Waals surface area contributed by atoms with Crippen molar-refractivity contribution < 1.29 is 9.59 Å². The van der Waals surface area contributed by atoms with Gasteiger partial charge in [0.2, 0.25) is 11.8 Å². The van der Waals surface area contributed by atoms with Crippen molar-refractivity contribution >= 4 is 11.8 Å². The van der Waals surface area contributed by atoms with Crippen LogP contribution in [0.1, 0.15) is 51.4 Å². The standard InChI is InChI=1S/C15H27N3O2/c19-14(9-12-5-2-1-3-6-12)17-11-15(20)18-13-7-4-8-16-10-13/h12-13,16H,1-11H2,(H,17,19)(H,18,20)/t13-/m0/s1. The molecule has 2 amide bonds. The van der Waals surface area contributed by atoms with Crippen LogP contribution in [0.3, 0.4) is 0 Å². The normalized spacial score (nSPS) is 24.1. The van der Waals surface area contributed by atoms with Crippen LogP contribution >= 0.6 is 0 Å². The zero-order valence-electron chi connectivity index (χ0n) is 12.2. The number of amides is 2. The van der Waals surface area contributed by atoms with E-state index in [-0.39, 0.29) is 24.4 Å². The molecule has 114 valence electrons. The molecule has 0 unspecified atom stereocenters. The molecule has 2 fully saturated rings. The Kier molecular flexibility index (Phi) is 6.30. The highest BCUT2D eigenvalue weighted by Gasteiger charge is 2.18. The maximum atomic E-state index is 11.8. The smallest absolute Gasteiger partial charge is 0.239 e. The van der Waals surface area contributed by atoms with Gasteiger partial charge in [0.1, 0.15) is 0 Å². The Hall–Kier alpha value is -1.10. The van der Waals surface area contributed by atoms with Gasteiger partial charge in [0.15, 0.2) is 0 Å². The average molecular weight is 281 g/mol. The van der Waals surface area contributed by atoms with Crippen LogP contribution in [0.15, 0.2) is 0 Å². The average Bonchev–Trinajstić information content (AvgIpc) is 2.47. The summed E-state index contributed by atoms with van der Waals surface area (Å²) in [7, 11) is 0. The number of hydrogen-bond acceptors (Lipinski definition) is 3. The Balaban J connectivity index is 1.58. The lowest BCUT2D eigenvalue weighted by atomic mass is 9.87. The lowest BCUT2D eigenvalue weighted by Gasteiger charge is -2.24. The van der Waals surface area contributed by atoms with E-state index in [2.05, 4.69) is 16.0 Å². The van der Waals surface area contributed by atoms with Crippen LogP contribution in [-0.4, -0.2) is 37.5 Å². The van der Waals surface area contributed by atoms with Gasteiger partial charge >= 0.3 is 0 Å². The van der Waals surface area contributed by atoms with E-state index >= 15 is 0 Å². The Morgan fingerprint density at radius 1 is 1.00 bits per heavy atom. The summed E-state index contributed by atoms with van der Waals surface area (Å²) in [6.45, 7) is 1.98. The van der Waals surface area contributed by atoms with Crippen molar-refractivity contribution in [2.45, 2.75) is 57.4 Å². The molecule has 1 saturated heterocycles. The lowest BCUT2D eigenvalue weighted by molar-refractivity contribution is -0.127. The molecule has 1 atom stereocenters. The van der Waals surface area contributed by atoms with Gasteiger partial charge in [-0.1, -0.05) is 19.3 Å². The predicted octanol–water partition coefficient (Wildman–Crippen LogP) is 0.941. The van der Waals surface area contributed by atoms with Crippen molar-refractivity contribution in [3.8, 4) is 0 Å². The fraction of sp³-hybridized carbons (Fsp3) is 0.867. The SMILES string of the molecule is O=C(CC1CCCCC1)NCC(=O)N[C@H]1CCCNC1. The van der Waals surface area contributed by atoms with Gasteiger partial charge in [-0.15, -0.1) is 0 Å². The molecule has 1 aliphatic heterocycles. The third-order valence-electron chi connectivity index (χ3n) is 4.31. The third-order valence-corrected chi connectivity index (χ3v) is 4.31. The number of nitrogens with one attached hydrogen (secondary N) is 3. The largest absolute Gasteiger partial charge is 0.351 e. The molecule has 0 spiro atoms. The van der Waals surface area contributed by atoms with Crippen LogP contribution in [0.2, 0.25) is 0 Å². The lowest BCUT2D eigenvalue weighted by Crippen LogP contribution is -2.48. The molecule has 0 aromatic rings. The zero-order valence-corrected chi connectivity index (χ0v) is 12.2. The summed E-state index contributed by atoms with van der Waals surface area (Å²) in [5.41, 5.74) is 0. The molecule has 0 bridgehead atoms. The van der Waals surface area contributed by atoms with Crippen molar-refractivity contribution in [1.29, 1.82) is 0 Å². The summed E-state index contributed by atoms with van der Waals surface area (Å²) in [5, 5.41) is 8.97. The van der Waals surface area contributed by atoms with Crippen LogP contribution in [0.5, 0.6) is 0 Å². The summed E-state index contributed by atoms with van der Waals surface area (Å²) < 4.78 is 0. The van der Waals surface area contributed by atoms with E-state index in [0.717, 1.165) is 38.8 Å². The molecule has 0 aromatic heterocycles. The van der Waals surface area contributed by atoms with Crippen LogP contribution in [0.4, 0.5) is 0 Å². The van der Waals surface area contributed by atoms with Gasteiger partial charge in [-0.3, -0.25) is 9.59 Å². The fourth-order valence-corrected chi connectivity index (χ4v) is 3.16. The van der Waals surface area contributed by atoms with Gasteiger partial charge in [-0.25, -0.2) is 0 Å². The summed E-state index contributed by atoms with van der Waals surface area (Å²) in [4.78, 5) is 23.6. The van der Waals surface area contributed by atoms with Crippen molar-refractivity contribution in [2.75, 3.05) is 19.6 Å². The van der Waals surface area contributed by atoms with Crippen molar-refractivity contribution in [1.82, 2.24) is 16.0 Å². The van der Waals surface area contributed by atoms with Gasteiger partial charge in [-0.05, 0) is 38.1 Å². The first-order valence-electron chi connectivity index (χ1n) is 8.01. The zero-order chi connectivity index (χ0) is 14.2. The Morgan fingerprint density at radius 3 is 2.50 bits per heavy atom. The molecular weight excluding hydrogens is 254 g/mol. The van der Waals surface area contributed by atoms with E-state index in [1.165, 1.54) is 19.3 Å². The topological polar surface area (TPSA) is 70.2 Å². The molecule has 3 N–H and O–H groups in total. The van der Waals surface area contributed by atoms with Gasteiger partial charge in [0.25, 0.3) is 0 Å². The summed E-state index contributed by atoms with van der Waals surface area (Å²) in [5.74, 6) is 0.471. The van der Waals surface area contributed by atoms with Gasteiger partial charge < -0.3 is 16.0 Å². The first kappa shape index (κ1) is 15.3. The summed E-state index contributed by atoms with van der Waals surface area (Å²) in [6, 6.07) is 0.214. The Bertz CT molecular complexity index is 289. The monoisotopic (exact) mass is 281 g/mol. The second-order valence-electron chi connectivity index (χ2n) is 6.10. The predicted molar refractivity (Wildman–Crippen MR) is 78.2 cm³/mol. The quantitative estimate of drug-likeness (QED) is 0.702. The molecule has 1 saturated carbocycles. The van der Waals surface area contributed by atoms with Crippen molar-refractivity contribution in [3.05, 3.63) is 0 Å². The highest BCUT2D eigenvalue weighted by atomic mass is 16.2. The van der Waals surface area contributed by atoms with E-state index in [1.807, 2.05) is 0 Å². The summed E-state index contributed by atoms with van der Waals surface area (Å²) >= 11 is 0. The Morgan fingerprint density at radius 2 is 1.80 bits per heavy atom. The molecule has 5 nitrogen and oxygen atoms in total. The second kappa shape index (κ2) is 8.25. The van der Waals surface area contributed by atoms with Crippen molar-refractivity contribution in [3.63, 3.8) is 0 Å². The first-order chi connectivity index (χ1) is 9.74. The molecular formula is C15H27N3O2. The number of rotatable bonds is 5. The minimum absolute atomic E-state index is 0.0221. The van der Waals surface area contributed by atoms with E-state index in [1.54, 1.807) is 0 Å². The van der Waals surface area contributed by atoms with Crippen LogP contribution in [0, 0.1) is 5.92 Å². The van der Waals surface area contributed by atoms with Crippen LogP contribution in [0.25, 0.3) is 0 Å².